The van der Waals surface area contributed by atoms with Crippen molar-refractivity contribution in [2.45, 2.75) is 39.8 Å². The Morgan fingerprint density at radius 2 is 2.22 bits per heavy atom. The fourth-order valence-electron chi connectivity index (χ4n) is 3.76. The predicted molar refractivity (Wildman–Crippen MR) is 75.9 cm³/mol. The first-order valence-corrected chi connectivity index (χ1v) is 7.88. The molecular formula is C14H23N3S. The summed E-state index contributed by atoms with van der Waals surface area (Å²) in [4.78, 5) is 8.73. The Kier molecular flexibility index (Phi) is 3.43. The van der Waals surface area contributed by atoms with Gasteiger partial charge in [-0.05, 0) is 45.2 Å². The molecule has 2 aliphatic rings. The highest BCUT2D eigenvalue weighted by molar-refractivity contribution is 7.11. The summed E-state index contributed by atoms with van der Waals surface area (Å²) in [5.74, 6) is 1.76. The lowest BCUT2D eigenvalue weighted by atomic mass is 9.93. The van der Waals surface area contributed by atoms with E-state index in [1.165, 1.54) is 41.6 Å². The van der Waals surface area contributed by atoms with Crippen LogP contribution in [0.15, 0.2) is 0 Å². The van der Waals surface area contributed by atoms with Gasteiger partial charge in [0.2, 0.25) is 0 Å². The standard InChI is InChI=1S/C14H23N3S/c1-4-13-12-6-15-5-11(12)7-17(13)8-14-9(2)16-10(3)18-14/h11-13,15H,4-8H2,1-3H3. The number of nitrogens with zero attached hydrogens (tertiary/aromatic N) is 2. The van der Waals surface area contributed by atoms with E-state index in [2.05, 4.69) is 36.0 Å². The molecule has 100 valence electrons. The number of likely N-dealkylation sites (tertiary alicyclic amines) is 1. The maximum Gasteiger partial charge on any atom is 0.0900 e. The van der Waals surface area contributed by atoms with Gasteiger partial charge in [0.15, 0.2) is 0 Å². The Bertz CT molecular complexity index is 429. The zero-order chi connectivity index (χ0) is 12.7. The van der Waals surface area contributed by atoms with Crippen molar-refractivity contribution in [2.75, 3.05) is 19.6 Å². The van der Waals surface area contributed by atoms with Crippen molar-refractivity contribution < 1.29 is 0 Å². The predicted octanol–water partition coefficient (Wildman–Crippen LogP) is 2.19. The van der Waals surface area contributed by atoms with Crippen LogP contribution >= 0.6 is 11.3 Å². The average Bonchev–Trinajstić information content (AvgIpc) is 2.94. The molecule has 2 fully saturated rings. The number of nitrogens with one attached hydrogen (secondary N) is 1. The van der Waals surface area contributed by atoms with Crippen LogP contribution in [0.1, 0.15) is 28.9 Å². The Morgan fingerprint density at radius 1 is 1.39 bits per heavy atom. The largest absolute Gasteiger partial charge is 0.316 e. The minimum Gasteiger partial charge on any atom is -0.316 e. The first kappa shape index (κ1) is 12.6. The highest BCUT2D eigenvalue weighted by Crippen LogP contribution is 2.36. The monoisotopic (exact) mass is 265 g/mol. The fraction of sp³-hybridized carbons (Fsp3) is 0.786. The molecule has 4 heteroatoms. The summed E-state index contributed by atoms with van der Waals surface area (Å²) >= 11 is 1.87. The minimum absolute atomic E-state index is 0.770. The molecule has 2 aliphatic heterocycles. The number of thiazole rings is 1. The van der Waals surface area contributed by atoms with Crippen LogP contribution < -0.4 is 5.32 Å². The maximum absolute atomic E-state index is 4.56. The zero-order valence-corrected chi connectivity index (χ0v) is 12.4. The van der Waals surface area contributed by atoms with Gasteiger partial charge in [-0.2, -0.15) is 0 Å². The normalized spacial score (nSPS) is 32.1. The van der Waals surface area contributed by atoms with Crippen LogP contribution in [-0.4, -0.2) is 35.6 Å². The molecule has 0 amide bonds. The second-order valence-electron chi connectivity index (χ2n) is 5.73. The Balaban J connectivity index is 1.75. The van der Waals surface area contributed by atoms with Crippen LogP contribution in [0.2, 0.25) is 0 Å². The van der Waals surface area contributed by atoms with Crippen molar-refractivity contribution in [3.8, 4) is 0 Å². The molecule has 3 unspecified atom stereocenters. The van der Waals surface area contributed by atoms with Crippen molar-refractivity contribution in [1.29, 1.82) is 0 Å². The second kappa shape index (κ2) is 4.91. The second-order valence-corrected chi connectivity index (χ2v) is 7.02. The molecule has 3 atom stereocenters. The van der Waals surface area contributed by atoms with E-state index in [-0.39, 0.29) is 0 Å². The summed E-state index contributed by atoms with van der Waals surface area (Å²) < 4.78 is 0. The molecule has 18 heavy (non-hydrogen) atoms. The summed E-state index contributed by atoms with van der Waals surface area (Å²) in [7, 11) is 0. The quantitative estimate of drug-likeness (QED) is 0.908. The van der Waals surface area contributed by atoms with E-state index < -0.39 is 0 Å². The molecule has 2 saturated heterocycles. The number of hydrogen-bond acceptors (Lipinski definition) is 4. The summed E-state index contributed by atoms with van der Waals surface area (Å²) in [6, 6.07) is 0.770. The Morgan fingerprint density at radius 3 is 2.89 bits per heavy atom. The molecule has 0 spiro atoms. The zero-order valence-electron chi connectivity index (χ0n) is 11.6. The highest BCUT2D eigenvalue weighted by Gasteiger charge is 2.43. The molecule has 3 heterocycles. The van der Waals surface area contributed by atoms with E-state index in [1.54, 1.807) is 0 Å². The van der Waals surface area contributed by atoms with Gasteiger partial charge in [-0.25, -0.2) is 4.98 Å². The first-order chi connectivity index (χ1) is 8.69. The molecule has 3 nitrogen and oxygen atoms in total. The van der Waals surface area contributed by atoms with Crippen LogP contribution in [0.25, 0.3) is 0 Å². The summed E-state index contributed by atoms with van der Waals surface area (Å²) in [6.07, 6.45) is 1.28. The van der Waals surface area contributed by atoms with Crippen molar-refractivity contribution in [2.24, 2.45) is 11.8 Å². The van der Waals surface area contributed by atoms with Gasteiger partial charge in [-0.1, -0.05) is 6.92 Å². The molecule has 0 aromatic carbocycles. The molecule has 1 aromatic rings. The number of aryl methyl sites for hydroxylation is 2. The van der Waals surface area contributed by atoms with Gasteiger partial charge in [0.05, 0.1) is 10.7 Å². The number of rotatable bonds is 3. The molecule has 1 aromatic heterocycles. The molecule has 0 radical (unpaired) electrons. The molecular weight excluding hydrogens is 242 g/mol. The average molecular weight is 265 g/mol. The van der Waals surface area contributed by atoms with E-state index >= 15 is 0 Å². The van der Waals surface area contributed by atoms with Gasteiger partial charge < -0.3 is 5.32 Å². The van der Waals surface area contributed by atoms with Crippen molar-refractivity contribution in [3.05, 3.63) is 15.6 Å². The fourth-order valence-corrected chi connectivity index (χ4v) is 4.72. The number of hydrogen-bond donors (Lipinski definition) is 1. The summed E-state index contributed by atoms with van der Waals surface area (Å²) in [5.41, 5.74) is 1.24. The number of aromatic nitrogens is 1. The summed E-state index contributed by atoms with van der Waals surface area (Å²) in [6.45, 7) is 11.4. The third-order valence-corrected chi connectivity index (χ3v) is 5.65. The smallest absolute Gasteiger partial charge is 0.0900 e. The maximum atomic E-state index is 4.56. The summed E-state index contributed by atoms with van der Waals surface area (Å²) in [5, 5.41) is 4.76. The van der Waals surface area contributed by atoms with Crippen molar-refractivity contribution in [1.82, 2.24) is 15.2 Å². The first-order valence-electron chi connectivity index (χ1n) is 7.06. The molecule has 0 bridgehead atoms. The highest BCUT2D eigenvalue weighted by atomic mass is 32.1. The Hall–Kier alpha value is -0.450. The van der Waals surface area contributed by atoms with Crippen LogP contribution in [0.5, 0.6) is 0 Å². The van der Waals surface area contributed by atoms with Gasteiger partial charge >= 0.3 is 0 Å². The van der Waals surface area contributed by atoms with Crippen molar-refractivity contribution >= 4 is 11.3 Å². The molecule has 3 rings (SSSR count). The Labute approximate surface area is 114 Å². The van der Waals surface area contributed by atoms with Crippen LogP contribution in [-0.2, 0) is 6.54 Å². The molecule has 0 saturated carbocycles. The van der Waals surface area contributed by atoms with E-state index in [9.17, 15) is 0 Å². The van der Waals surface area contributed by atoms with Gasteiger partial charge in [0.1, 0.15) is 0 Å². The van der Waals surface area contributed by atoms with Crippen LogP contribution in [0, 0.1) is 25.7 Å². The topological polar surface area (TPSA) is 28.2 Å². The van der Waals surface area contributed by atoms with Gasteiger partial charge in [0.25, 0.3) is 0 Å². The van der Waals surface area contributed by atoms with Crippen LogP contribution in [0.3, 0.4) is 0 Å². The van der Waals surface area contributed by atoms with E-state index in [0.717, 1.165) is 24.4 Å². The third kappa shape index (κ3) is 2.10. The lowest BCUT2D eigenvalue weighted by molar-refractivity contribution is 0.211. The lowest BCUT2D eigenvalue weighted by Crippen LogP contribution is -2.34. The van der Waals surface area contributed by atoms with E-state index in [1.807, 2.05) is 11.3 Å². The van der Waals surface area contributed by atoms with Crippen LogP contribution in [0.4, 0.5) is 0 Å². The van der Waals surface area contributed by atoms with Gasteiger partial charge in [0, 0.05) is 24.0 Å². The van der Waals surface area contributed by atoms with E-state index in [4.69, 9.17) is 0 Å². The lowest BCUT2D eigenvalue weighted by Gasteiger charge is -2.26. The van der Waals surface area contributed by atoms with E-state index in [0.29, 0.717) is 0 Å². The SMILES string of the molecule is CCC1C2CNCC2CN1Cc1sc(C)nc1C. The number of fused-ring (bicyclic) bond motifs is 1. The minimum atomic E-state index is 0.770. The molecule has 1 N–H and O–H groups in total. The van der Waals surface area contributed by atoms with Gasteiger partial charge in [-0.15, -0.1) is 11.3 Å². The third-order valence-electron chi connectivity index (χ3n) is 4.59. The van der Waals surface area contributed by atoms with Crippen molar-refractivity contribution in [3.63, 3.8) is 0 Å². The van der Waals surface area contributed by atoms with Gasteiger partial charge in [-0.3, -0.25) is 4.90 Å². The molecule has 0 aliphatic carbocycles.